The van der Waals surface area contributed by atoms with Crippen LogP contribution in [0.5, 0.6) is 0 Å². The number of hydrogen-bond acceptors (Lipinski definition) is 7. The maximum atomic E-state index is 12.6. The van der Waals surface area contributed by atoms with Crippen molar-refractivity contribution in [2.75, 3.05) is 33.0 Å². The largest absolute Gasteiger partial charge is 0.449 e. The molecule has 1 aromatic rings. The number of imide groups is 1. The zero-order chi connectivity index (χ0) is 28.7. The van der Waals surface area contributed by atoms with Crippen molar-refractivity contribution in [3.8, 4) is 0 Å². The number of pyridine rings is 1. The zero-order valence-corrected chi connectivity index (χ0v) is 27.9. The molecule has 9 heteroatoms. The van der Waals surface area contributed by atoms with E-state index in [4.69, 9.17) is 18.9 Å². The number of halogens is 1. The molecule has 1 aliphatic heterocycles. The Morgan fingerprint density at radius 3 is 2.05 bits per heavy atom. The summed E-state index contributed by atoms with van der Waals surface area (Å²) in [6.45, 7) is 6.25. The van der Waals surface area contributed by atoms with Gasteiger partial charge in [-0.2, -0.15) is 0 Å². The summed E-state index contributed by atoms with van der Waals surface area (Å²) in [5.41, 5.74) is 0.570. The van der Waals surface area contributed by atoms with E-state index in [0.717, 1.165) is 24.3 Å². The number of carbonyl (C=O) groups excluding carboxylic acids is 2. The molecule has 41 heavy (non-hydrogen) atoms. The molecule has 1 aromatic heterocycles. The molecule has 0 unspecified atom stereocenters. The highest BCUT2D eigenvalue weighted by atomic mass is 127. The highest BCUT2D eigenvalue weighted by Gasteiger charge is 2.30. The van der Waals surface area contributed by atoms with Crippen LogP contribution in [-0.4, -0.2) is 61.2 Å². The molecule has 1 fully saturated rings. The van der Waals surface area contributed by atoms with Crippen molar-refractivity contribution >= 4 is 36.2 Å². The lowest BCUT2D eigenvalue weighted by molar-refractivity contribution is 0.0245. The second-order valence-corrected chi connectivity index (χ2v) is 10.9. The first-order valence-electron chi connectivity index (χ1n) is 15.8. The van der Waals surface area contributed by atoms with Crippen LogP contribution in [0.15, 0.2) is 24.4 Å². The van der Waals surface area contributed by atoms with Gasteiger partial charge in [0.2, 0.25) is 0 Å². The van der Waals surface area contributed by atoms with Crippen molar-refractivity contribution < 1.29 is 28.5 Å². The molecule has 2 heterocycles. The Balaban J connectivity index is 0.00000840. The van der Waals surface area contributed by atoms with Crippen LogP contribution >= 0.6 is 24.0 Å². The Morgan fingerprint density at radius 2 is 1.46 bits per heavy atom. The lowest BCUT2D eigenvalue weighted by Crippen LogP contribution is -2.38. The molecule has 0 aliphatic carbocycles. The lowest BCUT2D eigenvalue weighted by atomic mass is 10.0. The standard InChI is InChI=1S/C32H54N2O6.HI/c1-3-5-6-7-8-9-10-11-12-13-14-15-16-19-22-37-25-28-23-30(39-26-28)27-40-32(36)34(31(35)38-4-2)24-29-20-17-18-21-33-29;/h17-18,20-21,28,30H,3-16,19,22-27H2,1-2H3;1H/t28-,30-;/m1./s1. The van der Waals surface area contributed by atoms with Crippen molar-refractivity contribution in [2.45, 2.75) is 123 Å². The number of nitrogens with zero attached hydrogens (tertiary/aromatic N) is 2. The molecule has 2 amide bonds. The van der Waals surface area contributed by atoms with Gasteiger partial charge in [-0.05, 0) is 31.9 Å². The van der Waals surface area contributed by atoms with Gasteiger partial charge in [0.25, 0.3) is 0 Å². The number of hydrogen-bond donors (Lipinski definition) is 0. The first-order chi connectivity index (χ1) is 19.6. The molecular weight excluding hydrogens is 635 g/mol. The average molecular weight is 691 g/mol. The van der Waals surface area contributed by atoms with Crippen molar-refractivity contribution in [1.82, 2.24) is 9.88 Å². The van der Waals surface area contributed by atoms with E-state index in [1.807, 2.05) is 0 Å². The number of unbranched alkanes of at least 4 members (excludes halogenated alkanes) is 13. The highest BCUT2D eigenvalue weighted by Crippen LogP contribution is 2.21. The summed E-state index contributed by atoms with van der Waals surface area (Å²) < 4.78 is 22.1. The maximum Gasteiger partial charge on any atom is 0.419 e. The van der Waals surface area contributed by atoms with E-state index in [1.54, 1.807) is 31.3 Å². The minimum Gasteiger partial charge on any atom is -0.449 e. The van der Waals surface area contributed by atoms with Crippen LogP contribution in [0.25, 0.3) is 0 Å². The molecule has 0 bridgehead atoms. The second-order valence-electron chi connectivity index (χ2n) is 10.9. The molecule has 0 saturated carbocycles. The summed E-state index contributed by atoms with van der Waals surface area (Å²) in [5, 5.41) is 0. The number of aromatic nitrogens is 1. The normalized spacial score (nSPS) is 16.2. The summed E-state index contributed by atoms with van der Waals surface area (Å²) >= 11 is 0. The Hall–Kier alpha value is -1.46. The quantitative estimate of drug-likeness (QED) is 0.0889. The fourth-order valence-electron chi connectivity index (χ4n) is 4.96. The molecule has 0 N–H and O–H groups in total. The van der Waals surface area contributed by atoms with Crippen molar-refractivity contribution in [3.63, 3.8) is 0 Å². The molecule has 0 radical (unpaired) electrons. The summed E-state index contributed by atoms with van der Waals surface area (Å²) in [6.07, 6.45) is 19.6. The van der Waals surface area contributed by atoms with Crippen LogP contribution in [0, 0.1) is 5.92 Å². The van der Waals surface area contributed by atoms with Crippen LogP contribution in [-0.2, 0) is 25.5 Å². The van der Waals surface area contributed by atoms with Gasteiger partial charge in [0, 0.05) is 18.7 Å². The summed E-state index contributed by atoms with van der Waals surface area (Å²) in [7, 11) is 0. The predicted octanol–water partition coefficient (Wildman–Crippen LogP) is 8.70. The molecule has 236 valence electrons. The third-order valence-electron chi connectivity index (χ3n) is 7.31. The molecule has 2 atom stereocenters. The summed E-state index contributed by atoms with van der Waals surface area (Å²) in [4.78, 5) is 30.0. The lowest BCUT2D eigenvalue weighted by Gasteiger charge is -2.20. The molecule has 1 aliphatic rings. The third-order valence-corrected chi connectivity index (χ3v) is 7.31. The van der Waals surface area contributed by atoms with E-state index >= 15 is 0 Å². The minimum absolute atomic E-state index is 0. The Labute approximate surface area is 265 Å². The van der Waals surface area contributed by atoms with Crippen molar-refractivity contribution in [2.24, 2.45) is 5.92 Å². The van der Waals surface area contributed by atoms with E-state index in [-0.39, 0.29) is 49.8 Å². The Kier molecular flexibility index (Phi) is 23.0. The zero-order valence-electron chi connectivity index (χ0n) is 25.6. The van der Waals surface area contributed by atoms with E-state index in [0.29, 0.717) is 24.8 Å². The van der Waals surface area contributed by atoms with E-state index in [1.165, 1.54) is 83.5 Å². The Morgan fingerprint density at radius 1 is 0.854 bits per heavy atom. The highest BCUT2D eigenvalue weighted by molar-refractivity contribution is 14.0. The summed E-state index contributed by atoms with van der Waals surface area (Å²) in [5.74, 6) is 0.296. The van der Waals surface area contributed by atoms with Crippen LogP contribution in [0.4, 0.5) is 9.59 Å². The van der Waals surface area contributed by atoms with Crippen molar-refractivity contribution in [3.05, 3.63) is 30.1 Å². The van der Waals surface area contributed by atoms with Gasteiger partial charge in [0.1, 0.15) is 6.61 Å². The SMILES string of the molecule is CCCCCCCCCCCCCCCCOC[C@@H]1CO[C@@H](COC(=O)N(Cc2ccccn2)C(=O)OCC)C1.I. The molecule has 0 aromatic carbocycles. The second kappa shape index (κ2) is 25.1. The van der Waals surface area contributed by atoms with Gasteiger partial charge < -0.3 is 18.9 Å². The minimum atomic E-state index is -0.759. The van der Waals surface area contributed by atoms with Crippen LogP contribution in [0.1, 0.15) is 116 Å². The monoisotopic (exact) mass is 690 g/mol. The fraction of sp³-hybridized carbons (Fsp3) is 0.781. The average Bonchev–Trinajstić information content (AvgIpc) is 3.42. The number of carbonyl (C=O) groups is 2. The fourth-order valence-corrected chi connectivity index (χ4v) is 4.96. The molecule has 0 spiro atoms. The van der Waals surface area contributed by atoms with Crippen LogP contribution < -0.4 is 0 Å². The number of ether oxygens (including phenoxy) is 4. The van der Waals surface area contributed by atoms with Gasteiger partial charge in [-0.15, -0.1) is 24.0 Å². The molecule has 1 saturated heterocycles. The molecule has 8 nitrogen and oxygen atoms in total. The maximum absolute atomic E-state index is 12.6. The third kappa shape index (κ3) is 18.0. The number of rotatable bonds is 22. The van der Waals surface area contributed by atoms with Gasteiger partial charge in [0.15, 0.2) is 0 Å². The van der Waals surface area contributed by atoms with Gasteiger partial charge in [-0.3, -0.25) is 4.98 Å². The Bertz CT molecular complexity index is 785. The van der Waals surface area contributed by atoms with Gasteiger partial charge >= 0.3 is 12.2 Å². The molecular formula is C32H55IN2O6. The van der Waals surface area contributed by atoms with E-state index < -0.39 is 12.2 Å². The van der Waals surface area contributed by atoms with Crippen LogP contribution in [0.2, 0.25) is 0 Å². The number of amides is 2. The van der Waals surface area contributed by atoms with E-state index in [9.17, 15) is 9.59 Å². The van der Waals surface area contributed by atoms with Gasteiger partial charge in [-0.1, -0.05) is 96.5 Å². The van der Waals surface area contributed by atoms with Gasteiger partial charge in [0.05, 0.1) is 38.2 Å². The van der Waals surface area contributed by atoms with E-state index in [2.05, 4.69) is 11.9 Å². The first-order valence-corrected chi connectivity index (χ1v) is 15.8. The van der Waals surface area contributed by atoms with Crippen molar-refractivity contribution in [1.29, 1.82) is 0 Å². The smallest absolute Gasteiger partial charge is 0.419 e. The topological polar surface area (TPSA) is 87.2 Å². The summed E-state index contributed by atoms with van der Waals surface area (Å²) in [6, 6.07) is 5.31. The van der Waals surface area contributed by atoms with Crippen LogP contribution in [0.3, 0.4) is 0 Å². The van der Waals surface area contributed by atoms with Gasteiger partial charge in [-0.25, -0.2) is 14.5 Å². The molecule has 2 rings (SSSR count). The first kappa shape index (κ1) is 37.6. The predicted molar refractivity (Wildman–Crippen MR) is 173 cm³/mol.